The first-order valence-electron chi connectivity index (χ1n) is 10.6. The maximum Gasteiger partial charge on any atom is 0.419 e. The second-order valence-corrected chi connectivity index (χ2v) is 8.38. The van der Waals surface area contributed by atoms with Crippen LogP contribution in [0, 0.1) is 11.3 Å². The van der Waals surface area contributed by atoms with Crippen LogP contribution in [0.15, 0.2) is 51.7 Å². The number of aryl methyl sites for hydroxylation is 1. The summed E-state index contributed by atoms with van der Waals surface area (Å²) in [6.45, 7) is 0. The Morgan fingerprint density at radius 1 is 1.19 bits per heavy atom. The third kappa shape index (κ3) is 4.25. The van der Waals surface area contributed by atoms with Gasteiger partial charge in [-0.2, -0.15) is 5.26 Å². The van der Waals surface area contributed by atoms with E-state index in [2.05, 4.69) is 11.4 Å². The largest absolute Gasteiger partial charge is 0.419 e. The van der Waals surface area contributed by atoms with Gasteiger partial charge >= 0.3 is 5.76 Å². The Morgan fingerprint density at radius 2 is 1.87 bits per heavy atom. The standard InChI is InChI=1S/C24H26N4O3/c1-28-20-14-18(9-10-21(20)31-23(28)30)17-7-5-16(6-8-17)13-19(15-25)27-22(29)24(26)11-3-2-4-12-24/h5-10,14,19H,2-4,11-13,26H2,1H3,(H,27,29). The Kier molecular flexibility index (Phi) is 5.66. The van der Waals surface area contributed by atoms with E-state index in [9.17, 15) is 14.9 Å². The predicted octanol–water partition coefficient (Wildman–Crippen LogP) is 3.01. The van der Waals surface area contributed by atoms with Crippen LogP contribution in [-0.2, 0) is 18.3 Å². The summed E-state index contributed by atoms with van der Waals surface area (Å²) >= 11 is 0. The highest BCUT2D eigenvalue weighted by Crippen LogP contribution is 2.27. The van der Waals surface area contributed by atoms with Crippen LogP contribution in [-0.4, -0.2) is 22.1 Å². The van der Waals surface area contributed by atoms with Gasteiger partial charge in [-0.15, -0.1) is 0 Å². The average Bonchev–Trinajstić information content (AvgIpc) is 3.07. The molecule has 3 aromatic rings. The van der Waals surface area contributed by atoms with Crippen molar-refractivity contribution in [2.24, 2.45) is 12.8 Å². The van der Waals surface area contributed by atoms with E-state index in [4.69, 9.17) is 10.2 Å². The van der Waals surface area contributed by atoms with Crippen molar-refractivity contribution in [3.8, 4) is 17.2 Å². The molecule has 160 valence electrons. The van der Waals surface area contributed by atoms with E-state index in [1.807, 2.05) is 36.4 Å². The number of hydrogen-bond donors (Lipinski definition) is 2. The smallest absolute Gasteiger partial charge is 0.408 e. The lowest BCUT2D eigenvalue weighted by molar-refractivity contribution is -0.127. The number of benzene rings is 2. The van der Waals surface area contributed by atoms with Crippen LogP contribution in [0.2, 0.25) is 0 Å². The Labute approximate surface area is 180 Å². The molecule has 7 heteroatoms. The van der Waals surface area contributed by atoms with Gasteiger partial charge in [0.15, 0.2) is 5.58 Å². The molecule has 1 fully saturated rings. The molecule has 1 amide bonds. The van der Waals surface area contributed by atoms with Crippen LogP contribution in [0.5, 0.6) is 0 Å². The minimum atomic E-state index is -0.858. The molecular formula is C24H26N4O3. The summed E-state index contributed by atoms with van der Waals surface area (Å²) in [6, 6.07) is 15.0. The molecule has 2 aromatic carbocycles. The number of nitrogens with zero attached hydrogens (tertiary/aromatic N) is 2. The van der Waals surface area contributed by atoms with Crippen molar-refractivity contribution in [1.82, 2.24) is 9.88 Å². The Hall–Kier alpha value is -3.37. The summed E-state index contributed by atoms with van der Waals surface area (Å²) in [4.78, 5) is 24.3. The van der Waals surface area contributed by atoms with Crippen molar-refractivity contribution in [2.75, 3.05) is 0 Å². The summed E-state index contributed by atoms with van der Waals surface area (Å²) in [5.74, 6) is -0.617. The molecule has 1 heterocycles. The Bertz CT molecular complexity index is 1190. The minimum absolute atomic E-state index is 0.227. The zero-order valence-corrected chi connectivity index (χ0v) is 17.6. The number of oxazole rings is 1. The van der Waals surface area contributed by atoms with Crippen LogP contribution in [0.1, 0.15) is 37.7 Å². The number of nitriles is 1. The van der Waals surface area contributed by atoms with E-state index in [0.29, 0.717) is 24.8 Å². The molecule has 1 aliphatic carbocycles. The zero-order valence-electron chi connectivity index (χ0n) is 17.6. The van der Waals surface area contributed by atoms with Crippen molar-refractivity contribution in [1.29, 1.82) is 5.26 Å². The third-order valence-electron chi connectivity index (χ3n) is 6.18. The fourth-order valence-corrected chi connectivity index (χ4v) is 4.22. The Balaban J connectivity index is 1.46. The van der Waals surface area contributed by atoms with Crippen molar-refractivity contribution < 1.29 is 9.21 Å². The second kappa shape index (κ2) is 8.40. The Morgan fingerprint density at radius 3 is 2.55 bits per heavy atom. The van der Waals surface area contributed by atoms with Crippen LogP contribution in [0.3, 0.4) is 0 Å². The number of amides is 1. The highest BCUT2D eigenvalue weighted by molar-refractivity contribution is 5.86. The van der Waals surface area contributed by atoms with Crippen LogP contribution in [0.4, 0.5) is 0 Å². The molecule has 0 spiro atoms. The zero-order chi connectivity index (χ0) is 22.0. The fourth-order valence-electron chi connectivity index (χ4n) is 4.22. The first kappa shape index (κ1) is 20.9. The van der Waals surface area contributed by atoms with E-state index in [1.165, 1.54) is 4.57 Å². The van der Waals surface area contributed by atoms with Gasteiger partial charge in [0.25, 0.3) is 0 Å². The monoisotopic (exact) mass is 418 g/mol. The normalized spacial score (nSPS) is 16.5. The number of rotatable bonds is 5. The van der Waals surface area contributed by atoms with Gasteiger partial charge in [0.2, 0.25) is 5.91 Å². The summed E-state index contributed by atoms with van der Waals surface area (Å²) in [7, 11) is 1.68. The summed E-state index contributed by atoms with van der Waals surface area (Å²) in [6.07, 6.45) is 4.73. The lowest BCUT2D eigenvalue weighted by Gasteiger charge is -2.32. The minimum Gasteiger partial charge on any atom is -0.408 e. The number of hydrogen-bond acceptors (Lipinski definition) is 5. The van der Waals surface area contributed by atoms with E-state index in [0.717, 1.165) is 41.5 Å². The van der Waals surface area contributed by atoms with Gasteiger partial charge < -0.3 is 15.5 Å². The molecule has 3 N–H and O–H groups in total. The highest BCUT2D eigenvalue weighted by atomic mass is 16.4. The molecular weight excluding hydrogens is 392 g/mol. The molecule has 1 atom stereocenters. The quantitative estimate of drug-likeness (QED) is 0.661. The molecule has 1 unspecified atom stereocenters. The number of carbonyl (C=O) groups is 1. The van der Waals surface area contributed by atoms with Crippen LogP contribution >= 0.6 is 0 Å². The maximum absolute atomic E-state index is 12.6. The van der Waals surface area contributed by atoms with Gasteiger partial charge in [-0.1, -0.05) is 49.6 Å². The highest BCUT2D eigenvalue weighted by Gasteiger charge is 2.36. The molecule has 1 aromatic heterocycles. The van der Waals surface area contributed by atoms with Crippen molar-refractivity contribution >= 4 is 17.0 Å². The number of aromatic nitrogens is 1. The van der Waals surface area contributed by atoms with Crippen molar-refractivity contribution in [3.63, 3.8) is 0 Å². The van der Waals surface area contributed by atoms with E-state index in [1.54, 1.807) is 13.1 Å². The summed E-state index contributed by atoms with van der Waals surface area (Å²) < 4.78 is 6.66. The van der Waals surface area contributed by atoms with E-state index >= 15 is 0 Å². The average molecular weight is 418 g/mol. The third-order valence-corrected chi connectivity index (χ3v) is 6.18. The van der Waals surface area contributed by atoms with Gasteiger partial charge in [-0.05, 0) is 41.7 Å². The summed E-state index contributed by atoms with van der Waals surface area (Å²) in [5, 5.41) is 12.4. The van der Waals surface area contributed by atoms with Crippen molar-refractivity contribution in [2.45, 2.75) is 50.1 Å². The molecule has 0 aliphatic heterocycles. The van der Waals surface area contributed by atoms with Gasteiger partial charge in [0.05, 0.1) is 17.1 Å². The summed E-state index contributed by atoms with van der Waals surface area (Å²) in [5.41, 5.74) is 9.61. The topological polar surface area (TPSA) is 114 Å². The van der Waals surface area contributed by atoms with Gasteiger partial charge in [0.1, 0.15) is 6.04 Å². The maximum atomic E-state index is 12.6. The van der Waals surface area contributed by atoms with Crippen LogP contribution < -0.4 is 16.8 Å². The number of nitrogens with two attached hydrogens (primary N) is 1. The molecule has 0 saturated heterocycles. The number of fused-ring (bicyclic) bond motifs is 1. The van der Waals surface area contributed by atoms with Gasteiger partial charge in [0, 0.05) is 13.5 Å². The fraction of sp³-hybridized carbons (Fsp3) is 0.375. The lowest BCUT2D eigenvalue weighted by Crippen LogP contribution is -2.57. The predicted molar refractivity (Wildman–Crippen MR) is 118 cm³/mol. The molecule has 31 heavy (non-hydrogen) atoms. The molecule has 4 rings (SSSR count). The first-order valence-corrected chi connectivity index (χ1v) is 10.6. The van der Waals surface area contributed by atoms with Gasteiger partial charge in [-0.3, -0.25) is 9.36 Å². The molecule has 7 nitrogen and oxygen atoms in total. The van der Waals surface area contributed by atoms with E-state index < -0.39 is 11.6 Å². The first-order chi connectivity index (χ1) is 14.9. The molecule has 0 bridgehead atoms. The SMILES string of the molecule is Cn1c(=O)oc2ccc(-c3ccc(CC(C#N)NC(=O)C4(N)CCCCC4)cc3)cc21. The molecule has 1 aliphatic rings. The number of carbonyl (C=O) groups excluding carboxylic acids is 1. The lowest BCUT2D eigenvalue weighted by atomic mass is 9.81. The second-order valence-electron chi connectivity index (χ2n) is 8.38. The molecule has 1 saturated carbocycles. The van der Waals surface area contributed by atoms with Crippen molar-refractivity contribution in [3.05, 3.63) is 58.6 Å². The van der Waals surface area contributed by atoms with Crippen LogP contribution in [0.25, 0.3) is 22.2 Å². The molecule has 0 radical (unpaired) electrons. The van der Waals surface area contributed by atoms with E-state index in [-0.39, 0.29) is 11.7 Å². The number of nitrogens with one attached hydrogen (secondary N) is 1. The van der Waals surface area contributed by atoms with Gasteiger partial charge in [-0.25, -0.2) is 4.79 Å².